The normalized spacial score (nSPS) is 24.5. The molecule has 9 heteroatoms. The largest absolute Gasteiger partial charge is 0.493 e. The number of anilines is 1. The van der Waals surface area contributed by atoms with Crippen LogP contribution in [-0.4, -0.2) is 89.3 Å². The summed E-state index contributed by atoms with van der Waals surface area (Å²) in [7, 11) is 1.59. The number of aliphatic hydroxyl groups excluding tert-OH is 3. The van der Waals surface area contributed by atoms with E-state index in [-0.39, 0.29) is 18.6 Å². The minimum absolute atomic E-state index is 0.0179. The molecule has 2 aliphatic heterocycles. The maximum atomic E-state index is 12.6. The van der Waals surface area contributed by atoms with E-state index in [1.165, 1.54) is 4.90 Å². The predicted octanol–water partition coefficient (Wildman–Crippen LogP) is 1.02. The molecule has 9 nitrogen and oxygen atoms in total. The van der Waals surface area contributed by atoms with Gasteiger partial charge in [0.1, 0.15) is 11.9 Å². The lowest BCUT2D eigenvalue weighted by atomic mass is 9.72. The predicted molar refractivity (Wildman–Crippen MR) is 126 cm³/mol. The first-order chi connectivity index (χ1) is 16.3. The van der Waals surface area contributed by atoms with Crippen LogP contribution in [0, 0.1) is 5.41 Å². The van der Waals surface area contributed by atoms with Crippen LogP contribution >= 0.6 is 0 Å². The molecule has 0 aliphatic carbocycles. The number of carbonyl (C=O) groups excluding carboxylic acids is 1. The fourth-order valence-electron chi connectivity index (χ4n) is 4.80. The molecular formula is C25H33N3O6. The number of nitrogens with zero attached hydrogens (tertiary/aromatic N) is 3. The van der Waals surface area contributed by atoms with Gasteiger partial charge in [-0.2, -0.15) is 0 Å². The first-order valence-corrected chi connectivity index (χ1v) is 11.5. The van der Waals surface area contributed by atoms with Crippen LogP contribution in [0.2, 0.25) is 0 Å². The Morgan fingerprint density at radius 3 is 2.59 bits per heavy atom. The van der Waals surface area contributed by atoms with E-state index < -0.39 is 30.1 Å². The summed E-state index contributed by atoms with van der Waals surface area (Å²) in [5, 5.41) is 29.7. The van der Waals surface area contributed by atoms with Crippen molar-refractivity contribution in [2.75, 3.05) is 44.8 Å². The van der Waals surface area contributed by atoms with Crippen LogP contribution in [0.15, 0.2) is 42.6 Å². The molecule has 2 fully saturated rings. The second-order valence-corrected chi connectivity index (χ2v) is 9.39. The average Bonchev–Trinajstić information content (AvgIpc) is 3.19. The second kappa shape index (κ2) is 9.77. The lowest BCUT2D eigenvalue weighted by Crippen LogP contribution is -2.54. The highest BCUT2D eigenvalue weighted by Crippen LogP contribution is 2.47. The van der Waals surface area contributed by atoms with E-state index in [1.54, 1.807) is 20.2 Å². The molecule has 0 spiro atoms. The number of ether oxygens (including phenoxy) is 2. The molecule has 34 heavy (non-hydrogen) atoms. The van der Waals surface area contributed by atoms with Gasteiger partial charge in [-0.3, -0.25) is 4.79 Å². The van der Waals surface area contributed by atoms with Crippen molar-refractivity contribution >= 4 is 11.7 Å². The third kappa shape index (κ3) is 4.55. The molecular weight excluding hydrogens is 438 g/mol. The molecule has 4 atom stereocenters. The molecule has 0 bridgehead atoms. The quantitative estimate of drug-likeness (QED) is 0.523. The van der Waals surface area contributed by atoms with Gasteiger partial charge in [-0.25, -0.2) is 4.98 Å². The van der Waals surface area contributed by atoms with Crippen molar-refractivity contribution in [3.63, 3.8) is 0 Å². The molecule has 1 amide bonds. The molecule has 0 unspecified atom stereocenters. The summed E-state index contributed by atoms with van der Waals surface area (Å²) in [6.07, 6.45) is -0.417. The fourth-order valence-corrected chi connectivity index (χ4v) is 4.80. The first-order valence-electron chi connectivity index (χ1n) is 11.5. The molecule has 0 radical (unpaired) electrons. The zero-order chi connectivity index (χ0) is 24.5. The lowest BCUT2D eigenvalue weighted by molar-refractivity contribution is -0.141. The van der Waals surface area contributed by atoms with E-state index in [4.69, 9.17) is 9.47 Å². The highest BCUT2D eigenvalue weighted by Gasteiger charge is 2.49. The molecule has 1 aromatic carbocycles. The monoisotopic (exact) mass is 471 g/mol. The highest BCUT2D eigenvalue weighted by molar-refractivity contribution is 5.81. The Kier molecular flexibility index (Phi) is 6.97. The van der Waals surface area contributed by atoms with E-state index in [2.05, 4.69) is 9.88 Å². The smallest absolute Gasteiger partial charge is 0.253 e. The number of hydrogen-bond donors (Lipinski definition) is 3. The number of likely N-dealkylation sites (tertiary alicyclic amines) is 1. The lowest BCUT2D eigenvalue weighted by Gasteiger charge is -2.40. The number of aliphatic hydroxyl groups is 3. The number of benzene rings is 1. The second-order valence-electron chi connectivity index (χ2n) is 9.39. The standard InChI is InChI=1S/C25H33N3O6/c1-16(30)25(2)15-28(24(32)20(31)14-29)13-19(25)17-7-8-21(33-3)22(10-17)34-18-11-27(12-18)23-6-4-5-9-26-23/h4-10,16,18-20,29-31H,11-15H2,1-3H3/t16-,19+,20+,25+/m1/s1. The summed E-state index contributed by atoms with van der Waals surface area (Å²) in [5.74, 6) is 1.41. The minimum atomic E-state index is -1.47. The number of methoxy groups -OCH3 is 1. The first kappa shape index (κ1) is 24.3. The van der Waals surface area contributed by atoms with Crippen molar-refractivity contribution in [3.8, 4) is 11.5 Å². The maximum Gasteiger partial charge on any atom is 0.253 e. The Morgan fingerprint density at radius 1 is 1.21 bits per heavy atom. The van der Waals surface area contributed by atoms with E-state index in [1.807, 2.05) is 43.3 Å². The van der Waals surface area contributed by atoms with Crippen molar-refractivity contribution in [3.05, 3.63) is 48.2 Å². The van der Waals surface area contributed by atoms with Gasteiger partial charge in [0.25, 0.3) is 5.91 Å². The SMILES string of the molecule is COc1ccc([C@@H]2CN(C(=O)[C@@H](O)CO)C[C@@]2(C)[C@@H](C)O)cc1OC1CN(c2ccccn2)C1. The van der Waals surface area contributed by atoms with Crippen molar-refractivity contribution in [1.29, 1.82) is 0 Å². The molecule has 2 aliphatic rings. The van der Waals surface area contributed by atoms with Crippen LogP contribution in [-0.2, 0) is 4.79 Å². The van der Waals surface area contributed by atoms with Crippen LogP contribution in [0.1, 0.15) is 25.3 Å². The maximum absolute atomic E-state index is 12.6. The molecule has 1 aromatic heterocycles. The van der Waals surface area contributed by atoms with Crippen LogP contribution in [0.5, 0.6) is 11.5 Å². The van der Waals surface area contributed by atoms with Gasteiger partial charge in [-0.05, 0) is 36.8 Å². The number of amides is 1. The Labute approximate surface area is 199 Å². The molecule has 0 saturated carbocycles. The number of pyridine rings is 1. The molecule has 3 N–H and O–H groups in total. The fraction of sp³-hybridized carbons (Fsp3) is 0.520. The van der Waals surface area contributed by atoms with E-state index in [0.29, 0.717) is 31.1 Å². The molecule has 3 heterocycles. The van der Waals surface area contributed by atoms with Gasteiger partial charge in [0.05, 0.1) is 32.9 Å². The van der Waals surface area contributed by atoms with Crippen LogP contribution in [0.3, 0.4) is 0 Å². The van der Waals surface area contributed by atoms with Gasteiger partial charge in [-0.1, -0.05) is 19.1 Å². The molecule has 184 valence electrons. The minimum Gasteiger partial charge on any atom is -0.493 e. The summed E-state index contributed by atoms with van der Waals surface area (Å²) in [5.41, 5.74) is 0.275. The zero-order valence-corrected chi connectivity index (χ0v) is 19.8. The third-order valence-electron chi connectivity index (χ3n) is 7.16. The van der Waals surface area contributed by atoms with Crippen molar-refractivity contribution in [2.24, 2.45) is 5.41 Å². The molecule has 4 rings (SSSR count). The summed E-state index contributed by atoms with van der Waals surface area (Å²) in [4.78, 5) is 20.6. The highest BCUT2D eigenvalue weighted by atomic mass is 16.5. The number of aromatic nitrogens is 1. The Morgan fingerprint density at radius 2 is 1.97 bits per heavy atom. The summed E-state index contributed by atoms with van der Waals surface area (Å²) >= 11 is 0. The summed E-state index contributed by atoms with van der Waals surface area (Å²) in [6.45, 7) is 5.02. The van der Waals surface area contributed by atoms with Crippen molar-refractivity contribution < 1.29 is 29.6 Å². The van der Waals surface area contributed by atoms with Crippen LogP contribution < -0.4 is 14.4 Å². The van der Waals surface area contributed by atoms with Gasteiger partial charge in [0, 0.05) is 30.6 Å². The van der Waals surface area contributed by atoms with Gasteiger partial charge in [0.2, 0.25) is 0 Å². The van der Waals surface area contributed by atoms with Gasteiger partial charge < -0.3 is 34.6 Å². The third-order valence-corrected chi connectivity index (χ3v) is 7.16. The zero-order valence-electron chi connectivity index (χ0n) is 19.8. The molecule has 2 saturated heterocycles. The number of rotatable bonds is 8. The van der Waals surface area contributed by atoms with E-state index in [9.17, 15) is 20.1 Å². The number of hydrogen-bond acceptors (Lipinski definition) is 8. The average molecular weight is 472 g/mol. The Hall–Kier alpha value is -2.88. The number of carbonyl (C=O) groups is 1. The Balaban J connectivity index is 1.53. The molecule has 2 aromatic rings. The van der Waals surface area contributed by atoms with Gasteiger partial charge >= 0.3 is 0 Å². The van der Waals surface area contributed by atoms with Gasteiger partial charge in [-0.15, -0.1) is 0 Å². The summed E-state index contributed by atoms with van der Waals surface area (Å²) in [6, 6.07) is 11.5. The van der Waals surface area contributed by atoms with Gasteiger partial charge in [0.15, 0.2) is 17.6 Å². The van der Waals surface area contributed by atoms with Crippen molar-refractivity contribution in [1.82, 2.24) is 9.88 Å². The van der Waals surface area contributed by atoms with E-state index >= 15 is 0 Å². The van der Waals surface area contributed by atoms with Crippen molar-refractivity contribution in [2.45, 2.75) is 38.1 Å². The van der Waals surface area contributed by atoms with E-state index in [0.717, 1.165) is 11.4 Å². The Bertz CT molecular complexity index is 997. The van der Waals surface area contributed by atoms with Crippen LogP contribution in [0.25, 0.3) is 0 Å². The van der Waals surface area contributed by atoms with Crippen LogP contribution in [0.4, 0.5) is 5.82 Å². The topological polar surface area (TPSA) is 116 Å². The summed E-state index contributed by atoms with van der Waals surface area (Å²) < 4.78 is 11.8.